The molecule has 1 aliphatic rings. The normalized spacial score (nSPS) is 16.9. The number of para-hydroxylation sites is 2. The highest BCUT2D eigenvalue weighted by Crippen LogP contribution is 2.53. The Kier molecular flexibility index (Phi) is 6.70. The molecule has 0 atom stereocenters. The Morgan fingerprint density at radius 2 is 1.50 bits per heavy atom. The summed E-state index contributed by atoms with van der Waals surface area (Å²) in [5.74, 6) is 0.534. The van der Waals surface area contributed by atoms with Crippen molar-refractivity contribution in [3.8, 4) is 5.75 Å². The Morgan fingerprint density at radius 3 is 2.04 bits per heavy atom. The van der Waals surface area contributed by atoms with E-state index in [1.54, 1.807) is 0 Å². The molecule has 136 valence electrons. The lowest BCUT2D eigenvalue weighted by Gasteiger charge is -2.35. The molecule has 2 rings (SSSR count). The van der Waals surface area contributed by atoms with Gasteiger partial charge in [0.25, 0.3) is 0 Å². The van der Waals surface area contributed by atoms with Gasteiger partial charge < -0.3 is 14.3 Å². The zero-order chi connectivity index (χ0) is 17.7. The quantitative estimate of drug-likeness (QED) is 0.693. The molecule has 6 nitrogen and oxygen atoms in total. The average Bonchev–Trinajstić information content (AvgIpc) is 2.46. The van der Waals surface area contributed by atoms with Crippen LogP contribution in [0, 0.1) is 0 Å². The molecular weight excluding hydrogens is 327 g/mol. The van der Waals surface area contributed by atoms with Gasteiger partial charge in [-0.15, -0.1) is 0 Å². The number of rotatable bonds is 7. The third-order valence-corrected chi connectivity index (χ3v) is 5.38. The van der Waals surface area contributed by atoms with Gasteiger partial charge in [0, 0.05) is 26.2 Å². The molecule has 0 radical (unpaired) electrons. The van der Waals surface area contributed by atoms with E-state index in [0.29, 0.717) is 5.75 Å². The minimum atomic E-state index is -3.68. The minimum absolute atomic E-state index is 0.259. The van der Waals surface area contributed by atoms with Crippen LogP contribution in [-0.2, 0) is 13.6 Å². The van der Waals surface area contributed by atoms with Crippen molar-refractivity contribution in [2.75, 3.05) is 38.1 Å². The van der Waals surface area contributed by atoms with Crippen LogP contribution in [0.5, 0.6) is 5.75 Å². The standard InChI is InChI=1S/C17H29N2O4P/c1-14(2)21-24(20,22-15(3)4)23-17-9-7-6-8-16(17)19-12-10-18(5)11-13-19/h6-9,14-15H,10-13H2,1-5H3. The first-order chi connectivity index (χ1) is 11.3. The molecule has 0 aliphatic carbocycles. The van der Waals surface area contributed by atoms with E-state index in [9.17, 15) is 4.57 Å². The molecule has 0 bridgehead atoms. The first kappa shape index (κ1) is 19.3. The lowest BCUT2D eigenvalue weighted by Crippen LogP contribution is -2.44. The highest BCUT2D eigenvalue weighted by atomic mass is 31.2. The van der Waals surface area contributed by atoms with Gasteiger partial charge in [-0.25, -0.2) is 4.57 Å². The van der Waals surface area contributed by atoms with Crippen molar-refractivity contribution in [3.05, 3.63) is 24.3 Å². The summed E-state index contributed by atoms with van der Waals surface area (Å²) in [4.78, 5) is 4.53. The van der Waals surface area contributed by atoms with Gasteiger partial charge in [0.05, 0.1) is 17.9 Å². The van der Waals surface area contributed by atoms with Gasteiger partial charge in [0.2, 0.25) is 0 Å². The van der Waals surface area contributed by atoms with E-state index < -0.39 is 7.82 Å². The average molecular weight is 356 g/mol. The van der Waals surface area contributed by atoms with Crippen molar-refractivity contribution < 1.29 is 18.1 Å². The third kappa shape index (κ3) is 5.49. The molecule has 0 N–H and O–H groups in total. The molecule has 1 heterocycles. The molecule has 0 unspecified atom stereocenters. The maximum Gasteiger partial charge on any atom is 0.530 e. The zero-order valence-corrected chi connectivity index (χ0v) is 16.2. The lowest BCUT2D eigenvalue weighted by atomic mass is 10.2. The van der Waals surface area contributed by atoms with Crippen LogP contribution in [0.15, 0.2) is 24.3 Å². The largest absolute Gasteiger partial charge is 0.530 e. The number of piperazine rings is 1. The van der Waals surface area contributed by atoms with Gasteiger partial charge in [-0.05, 0) is 46.9 Å². The summed E-state index contributed by atoms with van der Waals surface area (Å²) in [6, 6.07) is 7.62. The van der Waals surface area contributed by atoms with Gasteiger partial charge >= 0.3 is 7.82 Å². The second-order valence-electron chi connectivity index (χ2n) is 6.60. The molecule has 1 aromatic rings. The fourth-order valence-electron chi connectivity index (χ4n) is 2.55. The Morgan fingerprint density at radius 1 is 0.958 bits per heavy atom. The van der Waals surface area contributed by atoms with E-state index in [1.165, 1.54) is 0 Å². The lowest BCUT2D eigenvalue weighted by molar-refractivity contribution is 0.103. The summed E-state index contributed by atoms with van der Waals surface area (Å²) in [6.45, 7) is 11.0. The van der Waals surface area contributed by atoms with Gasteiger partial charge in [-0.3, -0.25) is 9.05 Å². The fourth-order valence-corrected chi connectivity index (χ4v) is 4.11. The van der Waals surface area contributed by atoms with Crippen LogP contribution >= 0.6 is 7.82 Å². The van der Waals surface area contributed by atoms with E-state index in [0.717, 1.165) is 31.9 Å². The van der Waals surface area contributed by atoms with E-state index in [2.05, 4.69) is 16.8 Å². The van der Waals surface area contributed by atoms with Crippen LogP contribution in [-0.4, -0.2) is 50.3 Å². The summed E-state index contributed by atoms with van der Waals surface area (Å²) in [5, 5.41) is 0. The highest BCUT2D eigenvalue weighted by Gasteiger charge is 2.33. The number of benzene rings is 1. The van der Waals surface area contributed by atoms with Gasteiger partial charge in [0.15, 0.2) is 5.75 Å². The van der Waals surface area contributed by atoms with Crippen LogP contribution < -0.4 is 9.42 Å². The Bertz CT molecular complexity index is 557. The Labute approximate surface area is 145 Å². The van der Waals surface area contributed by atoms with Crippen molar-refractivity contribution in [2.45, 2.75) is 39.9 Å². The first-order valence-electron chi connectivity index (χ1n) is 8.48. The number of hydrogen-bond donors (Lipinski definition) is 0. The third-order valence-electron chi connectivity index (χ3n) is 3.60. The van der Waals surface area contributed by atoms with Gasteiger partial charge in [-0.2, -0.15) is 0 Å². The summed E-state index contributed by atoms with van der Waals surface area (Å²) in [7, 11) is -1.57. The monoisotopic (exact) mass is 356 g/mol. The molecule has 24 heavy (non-hydrogen) atoms. The van der Waals surface area contributed by atoms with Crippen LogP contribution in [0.25, 0.3) is 0 Å². The Balaban J connectivity index is 2.22. The highest BCUT2D eigenvalue weighted by molar-refractivity contribution is 7.49. The zero-order valence-electron chi connectivity index (χ0n) is 15.3. The van der Waals surface area contributed by atoms with Crippen molar-refractivity contribution in [1.29, 1.82) is 0 Å². The van der Waals surface area contributed by atoms with E-state index in [4.69, 9.17) is 13.6 Å². The molecule has 1 fully saturated rings. The maximum absolute atomic E-state index is 13.0. The SMILES string of the molecule is CC(C)OP(=O)(Oc1ccccc1N1CCN(C)CC1)OC(C)C. The predicted octanol–water partition coefficient (Wildman–Crippen LogP) is 3.78. The first-order valence-corrected chi connectivity index (χ1v) is 9.94. The summed E-state index contributed by atoms with van der Waals surface area (Å²) in [5.41, 5.74) is 0.922. The number of anilines is 1. The molecule has 1 saturated heterocycles. The molecular formula is C17H29N2O4P. The van der Waals surface area contributed by atoms with Crippen LogP contribution in [0.1, 0.15) is 27.7 Å². The minimum Gasteiger partial charge on any atom is -0.402 e. The molecule has 0 spiro atoms. The summed E-state index contributed by atoms with van der Waals surface area (Å²) in [6.07, 6.45) is -0.518. The van der Waals surface area contributed by atoms with Crippen LogP contribution in [0.3, 0.4) is 0 Å². The van der Waals surface area contributed by atoms with Crippen molar-refractivity contribution >= 4 is 13.5 Å². The Hall–Kier alpha value is -1.07. The maximum atomic E-state index is 13.0. The summed E-state index contributed by atoms with van der Waals surface area (Å²) >= 11 is 0. The van der Waals surface area contributed by atoms with E-state index in [1.807, 2.05) is 52.0 Å². The number of likely N-dealkylation sites (N-methyl/N-ethyl adjacent to an activating group) is 1. The van der Waals surface area contributed by atoms with E-state index >= 15 is 0 Å². The predicted molar refractivity (Wildman–Crippen MR) is 96.8 cm³/mol. The molecule has 7 heteroatoms. The van der Waals surface area contributed by atoms with Crippen molar-refractivity contribution in [3.63, 3.8) is 0 Å². The number of phosphoric ester groups is 1. The molecule has 0 amide bonds. The number of nitrogens with zero attached hydrogens (tertiary/aromatic N) is 2. The van der Waals surface area contributed by atoms with Crippen molar-refractivity contribution in [1.82, 2.24) is 4.90 Å². The van der Waals surface area contributed by atoms with Gasteiger partial charge in [-0.1, -0.05) is 12.1 Å². The fraction of sp³-hybridized carbons (Fsp3) is 0.647. The smallest absolute Gasteiger partial charge is 0.402 e. The topological polar surface area (TPSA) is 51.2 Å². The van der Waals surface area contributed by atoms with E-state index in [-0.39, 0.29) is 12.2 Å². The van der Waals surface area contributed by atoms with Crippen LogP contribution in [0.2, 0.25) is 0 Å². The molecule has 1 aromatic carbocycles. The summed E-state index contributed by atoms with van der Waals surface area (Å²) < 4.78 is 29.8. The molecule has 0 saturated carbocycles. The number of phosphoric acid groups is 1. The number of hydrogen-bond acceptors (Lipinski definition) is 6. The van der Waals surface area contributed by atoms with Gasteiger partial charge in [0.1, 0.15) is 0 Å². The second-order valence-corrected chi connectivity index (χ2v) is 8.10. The van der Waals surface area contributed by atoms with Crippen LogP contribution in [0.4, 0.5) is 5.69 Å². The second kappa shape index (κ2) is 8.34. The molecule has 0 aromatic heterocycles. The van der Waals surface area contributed by atoms with Crippen molar-refractivity contribution in [2.24, 2.45) is 0 Å². The molecule has 1 aliphatic heterocycles.